The number of amides is 3. The van der Waals surface area contributed by atoms with Gasteiger partial charge in [0.05, 0.1) is 6.54 Å². The molecule has 0 radical (unpaired) electrons. The van der Waals surface area contributed by atoms with Crippen molar-refractivity contribution in [2.24, 2.45) is 0 Å². The second-order valence-corrected chi connectivity index (χ2v) is 6.08. The summed E-state index contributed by atoms with van der Waals surface area (Å²) in [5, 5.41) is 0. The summed E-state index contributed by atoms with van der Waals surface area (Å²) in [6.07, 6.45) is 0. The van der Waals surface area contributed by atoms with Crippen LogP contribution in [0.3, 0.4) is 0 Å². The van der Waals surface area contributed by atoms with E-state index < -0.39 is 29.6 Å². The molecular formula is C16H17F2N3O3. The van der Waals surface area contributed by atoms with E-state index in [0.29, 0.717) is 6.07 Å². The van der Waals surface area contributed by atoms with Gasteiger partial charge in [-0.15, -0.1) is 0 Å². The minimum absolute atomic E-state index is 0.0125. The van der Waals surface area contributed by atoms with E-state index in [-0.39, 0.29) is 37.0 Å². The summed E-state index contributed by atoms with van der Waals surface area (Å²) in [4.78, 5) is 41.3. The minimum Gasteiger partial charge on any atom is -0.334 e. The molecule has 0 aromatic heterocycles. The number of piperazine rings is 2. The highest BCUT2D eigenvalue weighted by atomic mass is 19.1. The van der Waals surface area contributed by atoms with E-state index in [9.17, 15) is 23.2 Å². The summed E-state index contributed by atoms with van der Waals surface area (Å²) in [6, 6.07) is 1.32. The van der Waals surface area contributed by atoms with Crippen molar-refractivity contribution in [1.29, 1.82) is 0 Å². The van der Waals surface area contributed by atoms with Crippen molar-refractivity contribution in [1.82, 2.24) is 14.7 Å². The lowest BCUT2D eigenvalue weighted by Gasteiger charge is -2.47. The highest BCUT2D eigenvalue weighted by molar-refractivity contribution is 5.99. The minimum atomic E-state index is -0.838. The Kier molecular flexibility index (Phi) is 3.98. The van der Waals surface area contributed by atoms with E-state index in [1.165, 1.54) is 14.7 Å². The zero-order valence-electron chi connectivity index (χ0n) is 13.3. The van der Waals surface area contributed by atoms with E-state index in [2.05, 4.69) is 0 Å². The standard InChI is InChI=1S/C16H17F2N3O3/c1-9-14(22)21-4-3-20(8-13(21)16(24)19(9)2)15(23)10-5-11(17)7-12(18)6-10/h5-7,9,13H,3-4,8H2,1-2H3/t9-,13+/m0/s1. The number of benzene rings is 1. The smallest absolute Gasteiger partial charge is 0.254 e. The Morgan fingerprint density at radius 2 is 1.71 bits per heavy atom. The van der Waals surface area contributed by atoms with Gasteiger partial charge in [0.2, 0.25) is 11.8 Å². The average Bonchev–Trinajstić information content (AvgIpc) is 2.56. The van der Waals surface area contributed by atoms with Crippen molar-refractivity contribution in [2.45, 2.75) is 19.0 Å². The molecule has 8 heteroatoms. The second-order valence-electron chi connectivity index (χ2n) is 6.08. The fraction of sp³-hybridized carbons (Fsp3) is 0.438. The van der Waals surface area contributed by atoms with Crippen LogP contribution in [0.5, 0.6) is 0 Å². The Hall–Kier alpha value is -2.51. The quantitative estimate of drug-likeness (QED) is 0.749. The van der Waals surface area contributed by atoms with Crippen molar-refractivity contribution < 1.29 is 23.2 Å². The van der Waals surface area contributed by atoms with Gasteiger partial charge in [0.15, 0.2) is 0 Å². The molecule has 0 spiro atoms. The lowest BCUT2D eigenvalue weighted by Crippen LogP contribution is -2.69. The van der Waals surface area contributed by atoms with Crippen molar-refractivity contribution in [2.75, 3.05) is 26.7 Å². The summed E-state index contributed by atoms with van der Waals surface area (Å²) in [5.41, 5.74) is -0.114. The highest BCUT2D eigenvalue weighted by Gasteiger charge is 2.45. The Labute approximate surface area is 137 Å². The zero-order chi connectivity index (χ0) is 17.6. The number of halogens is 2. The molecule has 2 atom stereocenters. The molecule has 128 valence electrons. The first-order valence-corrected chi connectivity index (χ1v) is 7.62. The first kappa shape index (κ1) is 16.4. The van der Waals surface area contributed by atoms with Crippen molar-refractivity contribution >= 4 is 17.7 Å². The van der Waals surface area contributed by atoms with Crippen LogP contribution in [-0.4, -0.2) is 71.2 Å². The summed E-state index contributed by atoms with van der Waals surface area (Å²) < 4.78 is 26.6. The number of carbonyl (C=O) groups excluding carboxylic acids is 3. The van der Waals surface area contributed by atoms with Gasteiger partial charge in [-0.1, -0.05) is 0 Å². The van der Waals surface area contributed by atoms with E-state index in [1.54, 1.807) is 14.0 Å². The van der Waals surface area contributed by atoms with Gasteiger partial charge in [-0.25, -0.2) is 8.78 Å². The molecule has 2 aliphatic rings. The van der Waals surface area contributed by atoms with Crippen molar-refractivity contribution in [3.8, 4) is 0 Å². The fourth-order valence-electron chi connectivity index (χ4n) is 3.13. The Morgan fingerprint density at radius 3 is 2.33 bits per heavy atom. The monoisotopic (exact) mass is 337 g/mol. The molecule has 2 heterocycles. The summed E-state index contributed by atoms with van der Waals surface area (Å²) >= 11 is 0. The molecule has 6 nitrogen and oxygen atoms in total. The molecule has 0 N–H and O–H groups in total. The third kappa shape index (κ3) is 2.61. The normalized spacial score (nSPS) is 24.2. The van der Waals surface area contributed by atoms with Crippen LogP contribution >= 0.6 is 0 Å². The molecule has 3 amide bonds. The van der Waals surface area contributed by atoms with Gasteiger partial charge in [-0.05, 0) is 19.1 Å². The van der Waals surface area contributed by atoms with Crippen LogP contribution in [0.2, 0.25) is 0 Å². The third-order valence-electron chi connectivity index (χ3n) is 4.63. The molecule has 24 heavy (non-hydrogen) atoms. The van der Waals surface area contributed by atoms with Gasteiger partial charge in [0, 0.05) is 31.8 Å². The van der Waals surface area contributed by atoms with Gasteiger partial charge in [-0.2, -0.15) is 0 Å². The van der Waals surface area contributed by atoms with Crippen molar-refractivity contribution in [3.05, 3.63) is 35.4 Å². The van der Waals surface area contributed by atoms with Crippen LogP contribution in [0.1, 0.15) is 17.3 Å². The molecular weight excluding hydrogens is 320 g/mol. The Balaban J connectivity index is 1.82. The first-order chi connectivity index (χ1) is 11.3. The van der Waals surface area contributed by atoms with E-state index >= 15 is 0 Å². The van der Waals surface area contributed by atoms with Crippen LogP contribution in [-0.2, 0) is 9.59 Å². The molecule has 1 aromatic rings. The topological polar surface area (TPSA) is 60.9 Å². The first-order valence-electron chi connectivity index (χ1n) is 7.62. The second kappa shape index (κ2) is 5.85. The highest BCUT2D eigenvalue weighted by Crippen LogP contribution is 2.22. The average molecular weight is 337 g/mol. The maximum absolute atomic E-state index is 13.3. The van der Waals surface area contributed by atoms with Crippen LogP contribution < -0.4 is 0 Å². The molecule has 0 bridgehead atoms. The third-order valence-corrected chi connectivity index (χ3v) is 4.63. The lowest BCUT2D eigenvalue weighted by molar-refractivity contribution is -0.162. The molecule has 0 unspecified atom stereocenters. The molecule has 2 saturated heterocycles. The maximum atomic E-state index is 13.3. The van der Waals surface area contributed by atoms with E-state index in [4.69, 9.17) is 0 Å². The summed E-state index contributed by atoms with van der Waals surface area (Å²) in [7, 11) is 1.55. The number of likely N-dealkylation sites (N-methyl/N-ethyl adjacent to an activating group) is 1. The Morgan fingerprint density at radius 1 is 1.08 bits per heavy atom. The van der Waals surface area contributed by atoms with Crippen molar-refractivity contribution in [3.63, 3.8) is 0 Å². The SMILES string of the molecule is C[C@H]1C(=O)N2CCN(C(=O)c3cc(F)cc(F)c3)C[C@@H]2C(=O)N1C. The van der Waals surface area contributed by atoms with Crippen LogP contribution in [0.4, 0.5) is 8.78 Å². The molecule has 2 fully saturated rings. The number of carbonyl (C=O) groups is 3. The number of nitrogens with zero attached hydrogens (tertiary/aromatic N) is 3. The molecule has 1 aromatic carbocycles. The van der Waals surface area contributed by atoms with E-state index in [0.717, 1.165) is 12.1 Å². The summed E-state index contributed by atoms with van der Waals surface area (Å²) in [5.74, 6) is -2.64. The molecule has 0 saturated carbocycles. The number of hydrogen-bond acceptors (Lipinski definition) is 3. The fourth-order valence-corrected chi connectivity index (χ4v) is 3.13. The maximum Gasteiger partial charge on any atom is 0.254 e. The largest absolute Gasteiger partial charge is 0.334 e. The van der Waals surface area contributed by atoms with E-state index in [1.807, 2.05) is 0 Å². The molecule has 3 rings (SSSR count). The van der Waals surface area contributed by atoms with Gasteiger partial charge in [0.25, 0.3) is 5.91 Å². The van der Waals surface area contributed by atoms with Gasteiger partial charge in [-0.3, -0.25) is 14.4 Å². The van der Waals surface area contributed by atoms with Gasteiger partial charge in [0.1, 0.15) is 23.7 Å². The predicted octanol–water partition coefficient (Wildman–Crippen LogP) is 0.478. The molecule has 0 aliphatic carbocycles. The van der Waals surface area contributed by atoms with Gasteiger partial charge >= 0.3 is 0 Å². The lowest BCUT2D eigenvalue weighted by atomic mass is 10.0. The van der Waals surface area contributed by atoms with Gasteiger partial charge < -0.3 is 14.7 Å². The predicted molar refractivity (Wildman–Crippen MR) is 80.0 cm³/mol. The zero-order valence-corrected chi connectivity index (χ0v) is 13.3. The number of rotatable bonds is 1. The number of fused-ring (bicyclic) bond motifs is 1. The van der Waals surface area contributed by atoms with Crippen LogP contribution in [0.15, 0.2) is 18.2 Å². The van der Waals surface area contributed by atoms with Crippen LogP contribution in [0, 0.1) is 11.6 Å². The summed E-state index contributed by atoms with van der Waals surface area (Å²) in [6.45, 7) is 2.10. The Bertz CT molecular complexity index is 704. The van der Waals surface area contributed by atoms with Crippen LogP contribution in [0.25, 0.3) is 0 Å². The number of hydrogen-bond donors (Lipinski definition) is 0. The molecule has 2 aliphatic heterocycles.